The third-order valence-electron chi connectivity index (χ3n) is 3.95. The van der Waals surface area contributed by atoms with Gasteiger partial charge in [-0.05, 0) is 38.9 Å². The molecule has 0 amide bonds. The Hall–Kier alpha value is -1.42. The number of nitrogens with one attached hydrogen (secondary N) is 1. The summed E-state index contributed by atoms with van der Waals surface area (Å²) in [6.45, 7) is 3.78. The second-order valence-electron chi connectivity index (χ2n) is 5.26. The van der Waals surface area contributed by atoms with Crippen molar-refractivity contribution in [3.8, 4) is 11.5 Å². The van der Waals surface area contributed by atoms with Gasteiger partial charge in [-0.1, -0.05) is 0 Å². The number of anilines is 1. The first kappa shape index (κ1) is 11.7. The van der Waals surface area contributed by atoms with Crippen LogP contribution in [0.2, 0.25) is 0 Å². The van der Waals surface area contributed by atoms with Gasteiger partial charge in [0.05, 0.1) is 0 Å². The summed E-state index contributed by atoms with van der Waals surface area (Å²) >= 11 is 0. The third kappa shape index (κ3) is 2.25. The number of ether oxygens (including phenoxy) is 2. The highest BCUT2D eigenvalue weighted by atomic mass is 16.7. The van der Waals surface area contributed by atoms with Crippen LogP contribution in [0.4, 0.5) is 5.69 Å². The van der Waals surface area contributed by atoms with Crippen LogP contribution in [0.3, 0.4) is 0 Å². The van der Waals surface area contributed by atoms with Crippen molar-refractivity contribution in [2.75, 3.05) is 25.7 Å². The van der Waals surface area contributed by atoms with Gasteiger partial charge in [-0.2, -0.15) is 0 Å². The Bertz CT molecular complexity index is 436. The van der Waals surface area contributed by atoms with E-state index in [1.165, 1.54) is 12.8 Å². The molecule has 0 spiro atoms. The van der Waals surface area contributed by atoms with Crippen LogP contribution in [0, 0.1) is 0 Å². The summed E-state index contributed by atoms with van der Waals surface area (Å²) in [7, 11) is 2.20. The van der Waals surface area contributed by atoms with E-state index in [4.69, 9.17) is 9.47 Å². The molecule has 1 fully saturated rings. The normalized spacial score (nSPS) is 27.2. The number of likely N-dealkylation sites (tertiary alicyclic amines) is 1. The van der Waals surface area contributed by atoms with Crippen molar-refractivity contribution in [2.45, 2.75) is 31.8 Å². The molecule has 1 N–H and O–H groups in total. The first-order chi connectivity index (χ1) is 8.72. The molecule has 4 heteroatoms. The number of nitrogens with zero attached hydrogens (tertiary/aromatic N) is 1. The highest BCUT2D eigenvalue weighted by Gasteiger charge is 2.23. The molecule has 0 radical (unpaired) electrons. The fourth-order valence-electron chi connectivity index (χ4n) is 2.64. The quantitative estimate of drug-likeness (QED) is 0.871. The van der Waals surface area contributed by atoms with E-state index < -0.39 is 0 Å². The second-order valence-corrected chi connectivity index (χ2v) is 5.26. The van der Waals surface area contributed by atoms with Gasteiger partial charge in [-0.25, -0.2) is 0 Å². The fourth-order valence-corrected chi connectivity index (χ4v) is 2.64. The summed E-state index contributed by atoms with van der Waals surface area (Å²) in [5, 5.41) is 3.60. The van der Waals surface area contributed by atoms with Gasteiger partial charge in [-0.15, -0.1) is 0 Å². The highest BCUT2D eigenvalue weighted by Crippen LogP contribution is 2.34. The molecule has 2 aliphatic rings. The van der Waals surface area contributed by atoms with Gasteiger partial charge >= 0.3 is 0 Å². The van der Waals surface area contributed by atoms with Crippen LogP contribution >= 0.6 is 0 Å². The minimum absolute atomic E-state index is 0.337. The summed E-state index contributed by atoms with van der Waals surface area (Å²) in [5.41, 5.74) is 1.13. The van der Waals surface area contributed by atoms with Gasteiger partial charge in [0.25, 0.3) is 0 Å². The lowest BCUT2D eigenvalue weighted by Crippen LogP contribution is -2.42. The van der Waals surface area contributed by atoms with Gasteiger partial charge in [0.1, 0.15) is 0 Å². The molecule has 1 saturated heterocycles. The Balaban J connectivity index is 1.66. The molecule has 0 bridgehead atoms. The van der Waals surface area contributed by atoms with E-state index in [0.717, 1.165) is 23.7 Å². The van der Waals surface area contributed by atoms with Crippen molar-refractivity contribution < 1.29 is 9.47 Å². The van der Waals surface area contributed by atoms with Crippen LogP contribution < -0.4 is 14.8 Å². The first-order valence-electron chi connectivity index (χ1n) is 6.59. The number of fused-ring (bicyclic) bond motifs is 1. The number of rotatable bonds is 2. The monoisotopic (exact) mass is 248 g/mol. The number of hydrogen-bond donors (Lipinski definition) is 1. The van der Waals surface area contributed by atoms with Crippen molar-refractivity contribution in [3.63, 3.8) is 0 Å². The van der Waals surface area contributed by atoms with Crippen molar-refractivity contribution in [2.24, 2.45) is 0 Å². The summed E-state index contributed by atoms with van der Waals surface area (Å²) in [4.78, 5) is 2.41. The van der Waals surface area contributed by atoms with Gasteiger partial charge in [-0.3, -0.25) is 0 Å². The molecule has 0 aromatic heterocycles. The summed E-state index contributed by atoms with van der Waals surface area (Å²) < 4.78 is 10.7. The molecule has 0 aliphatic carbocycles. The molecule has 18 heavy (non-hydrogen) atoms. The van der Waals surface area contributed by atoms with Crippen LogP contribution in [-0.4, -0.2) is 37.4 Å². The average Bonchev–Trinajstić information content (AvgIpc) is 2.81. The van der Waals surface area contributed by atoms with Crippen LogP contribution in [0.1, 0.15) is 19.8 Å². The van der Waals surface area contributed by atoms with Crippen LogP contribution in [0.5, 0.6) is 11.5 Å². The number of piperidine rings is 1. The largest absolute Gasteiger partial charge is 0.454 e. The topological polar surface area (TPSA) is 33.7 Å². The van der Waals surface area contributed by atoms with E-state index in [0.29, 0.717) is 18.9 Å². The molecule has 1 aromatic carbocycles. The van der Waals surface area contributed by atoms with E-state index in [2.05, 4.69) is 30.3 Å². The van der Waals surface area contributed by atoms with Gasteiger partial charge in [0.2, 0.25) is 6.79 Å². The molecule has 4 nitrogen and oxygen atoms in total. The number of benzene rings is 1. The van der Waals surface area contributed by atoms with E-state index in [1.807, 2.05) is 12.1 Å². The van der Waals surface area contributed by atoms with Crippen molar-refractivity contribution in [1.82, 2.24) is 4.90 Å². The SMILES string of the molecule is CC1CC(Nc2ccc3c(c2)OCO3)CCN1C. The molecule has 98 valence electrons. The molecule has 3 rings (SSSR count). The minimum atomic E-state index is 0.337. The van der Waals surface area contributed by atoms with Crippen LogP contribution in [0.25, 0.3) is 0 Å². The molecule has 2 aliphatic heterocycles. The molecule has 2 atom stereocenters. The van der Waals surface area contributed by atoms with Gasteiger partial charge in [0, 0.05) is 30.4 Å². The predicted molar refractivity (Wildman–Crippen MR) is 71.3 cm³/mol. The lowest BCUT2D eigenvalue weighted by Gasteiger charge is -2.35. The lowest BCUT2D eigenvalue weighted by atomic mass is 9.98. The van der Waals surface area contributed by atoms with Crippen LogP contribution in [-0.2, 0) is 0 Å². The highest BCUT2D eigenvalue weighted by molar-refractivity contribution is 5.56. The minimum Gasteiger partial charge on any atom is -0.454 e. The summed E-state index contributed by atoms with van der Waals surface area (Å²) in [5.74, 6) is 1.69. The predicted octanol–water partition coefficient (Wildman–Crippen LogP) is 2.31. The zero-order valence-corrected chi connectivity index (χ0v) is 11.0. The van der Waals surface area contributed by atoms with Gasteiger partial charge in [0.15, 0.2) is 11.5 Å². The average molecular weight is 248 g/mol. The Morgan fingerprint density at radius 3 is 2.94 bits per heavy atom. The van der Waals surface area contributed by atoms with E-state index in [1.54, 1.807) is 0 Å². The maximum Gasteiger partial charge on any atom is 0.231 e. The standard InChI is InChI=1S/C14H20N2O2/c1-10-7-12(5-6-16(10)2)15-11-3-4-13-14(8-11)18-9-17-13/h3-4,8,10,12,15H,5-7,9H2,1-2H3. The first-order valence-corrected chi connectivity index (χ1v) is 6.59. The maximum atomic E-state index is 5.40. The summed E-state index contributed by atoms with van der Waals surface area (Å²) in [6.07, 6.45) is 2.38. The van der Waals surface area contributed by atoms with Crippen molar-refractivity contribution in [1.29, 1.82) is 0 Å². The molecular weight excluding hydrogens is 228 g/mol. The van der Waals surface area contributed by atoms with Crippen molar-refractivity contribution >= 4 is 5.69 Å². The zero-order valence-electron chi connectivity index (χ0n) is 11.0. The molecule has 1 aromatic rings. The summed E-state index contributed by atoms with van der Waals surface area (Å²) in [6, 6.07) is 7.27. The fraction of sp³-hybridized carbons (Fsp3) is 0.571. The van der Waals surface area contributed by atoms with E-state index in [-0.39, 0.29) is 0 Å². The Morgan fingerprint density at radius 2 is 2.11 bits per heavy atom. The second kappa shape index (κ2) is 4.69. The zero-order chi connectivity index (χ0) is 12.5. The molecule has 2 heterocycles. The Labute approximate surface area is 108 Å². The Kier molecular flexibility index (Phi) is 3.04. The van der Waals surface area contributed by atoms with Gasteiger partial charge < -0.3 is 19.7 Å². The molecule has 2 unspecified atom stereocenters. The van der Waals surface area contributed by atoms with Crippen molar-refractivity contribution in [3.05, 3.63) is 18.2 Å². The third-order valence-corrected chi connectivity index (χ3v) is 3.95. The number of hydrogen-bond acceptors (Lipinski definition) is 4. The molecular formula is C14H20N2O2. The smallest absolute Gasteiger partial charge is 0.231 e. The maximum absolute atomic E-state index is 5.40. The lowest BCUT2D eigenvalue weighted by molar-refractivity contribution is 0.174. The Morgan fingerprint density at radius 1 is 1.28 bits per heavy atom. The molecule has 0 saturated carbocycles. The van der Waals surface area contributed by atoms with E-state index >= 15 is 0 Å². The van der Waals surface area contributed by atoms with E-state index in [9.17, 15) is 0 Å². The van der Waals surface area contributed by atoms with Crippen LogP contribution in [0.15, 0.2) is 18.2 Å².